The molecular weight excluding hydrogens is 260 g/mol. The molecule has 1 aliphatic carbocycles. The molecule has 1 aromatic heterocycles. The van der Waals surface area contributed by atoms with E-state index in [9.17, 15) is 4.79 Å². The average molecular weight is 278 g/mol. The first-order valence-corrected chi connectivity index (χ1v) is 6.78. The highest BCUT2D eigenvalue weighted by atomic mass is 32.1. The predicted molar refractivity (Wildman–Crippen MR) is 77.8 cm³/mol. The van der Waals surface area contributed by atoms with Crippen LogP contribution in [-0.2, 0) is 4.79 Å². The van der Waals surface area contributed by atoms with Crippen molar-refractivity contribution in [1.29, 1.82) is 0 Å². The summed E-state index contributed by atoms with van der Waals surface area (Å²) in [6.07, 6.45) is 3.36. The van der Waals surface area contributed by atoms with E-state index in [1.807, 2.05) is 19.9 Å². The number of amides is 1. The molecule has 3 N–H and O–H groups in total. The normalized spacial score (nSPS) is 17.2. The molecule has 0 unspecified atom stereocenters. The molecule has 1 saturated carbocycles. The van der Waals surface area contributed by atoms with Crippen LogP contribution in [0.2, 0.25) is 0 Å². The van der Waals surface area contributed by atoms with Crippen molar-refractivity contribution in [3.63, 3.8) is 0 Å². The summed E-state index contributed by atoms with van der Waals surface area (Å²) in [6.45, 7) is 3.73. The lowest BCUT2D eigenvalue weighted by atomic mass is 9.85. The van der Waals surface area contributed by atoms with Crippen molar-refractivity contribution < 1.29 is 4.79 Å². The molecule has 0 aromatic carbocycles. The first-order valence-electron chi connectivity index (χ1n) is 6.38. The first kappa shape index (κ1) is 13.9. The van der Waals surface area contributed by atoms with Crippen LogP contribution in [0.5, 0.6) is 0 Å². The van der Waals surface area contributed by atoms with Gasteiger partial charge in [0, 0.05) is 11.4 Å². The van der Waals surface area contributed by atoms with Gasteiger partial charge < -0.3 is 5.73 Å². The van der Waals surface area contributed by atoms with Gasteiger partial charge in [0.2, 0.25) is 11.9 Å². The second kappa shape index (κ2) is 5.21. The van der Waals surface area contributed by atoms with E-state index in [0.29, 0.717) is 18.8 Å². The van der Waals surface area contributed by atoms with Gasteiger partial charge in [0.15, 0.2) is 0 Å². The van der Waals surface area contributed by atoms with Crippen LogP contribution in [0.15, 0.2) is 6.07 Å². The van der Waals surface area contributed by atoms with E-state index in [1.165, 1.54) is 0 Å². The minimum absolute atomic E-state index is 0.178. The second-order valence-electron chi connectivity index (χ2n) is 5.08. The molecule has 0 spiro atoms. The smallest absolute Gasteiger partial charge is 0.239 e. The van der Waals surface area contributed by atoms with E-state index in [-0.39, 0.29) is 10.9 Å². The van der Waals surface area contributed by atoms with E-state index < -0.39 is 5.41 Å². The zero-order valence-electron chi connectivity index (χ0n) is 11.2. The lowest BCUT2D eigenvalue weighted by molar-refractivity contribution is -0.122. The van der Waals surface area contributed by atoms with Gasteiger partial charge in [-0.3, -0.25) is 10.1 Å². The molecule has 6 heteroatoms. The van der Waals surface area contributed by atoms with Crippen molar-refractivity contribution in [2.75, 3.05) is 5.32 Å². The number of aromatic nitrogens is 2. The summed E-state index contributed by atoms with van der Waals surface area (Å²) >= 11 is 5.09. The number of nitrogens with one attached hydrogen (secondary N) is 1. The van der Waals surface area contributed by atoms with Gasteiger partial charge in [-0.25, -0.2) is 9.97 Å². The first-order chi connectivity index (χ1) is 8.94. The molecule has 102 valence electrons. The SMILES string of the molecule is Cc1cc(C)nc(NC(=O)C2(C(N)=S)CCCC2)n1. The number of carbonyl (C=O) groups excluding carboxylic acids is 1. The van der Waals surface area contributed by atoms with Crippen LogP contribution in [0.4, 0.5) is 5.95 Å². The van der Waals surface area contributed by atoms with Crippen molar-refractivity contribution in [2.24, 2.45) is 11.1 Å². The standard InChI is InChI=1S/C13H18N4OS/c1-8-7-9(2)16-12(15-8)17-11(18)13(10(14)19)5-3-4-6-13/h7H,3-6H2,1-2H3,(H2,14,19)(H,15,16,17,18). The maximum Gasteiger partial charge on any atom is 0.239 e. The Bertz CT molecular complexity index is 503. The third kappa shape index (κ3) is 2.73. The van der Waals surface area contributed by atoms with Crippen molar-refractivity contribution >= 4 is 29.1 Å². The van der Waals surface area contributed by atoms with Crippen LogP contribution in [0.25, 0.3) is 0 Å². The summed E-state index contributed by atoms with van der Waals surface area (Å²) in [7, 11) is 0. The van der Waals surface area contributed by atoms with Crippen molar-refractivity contribution in [1.82, 2.24) is 9.97 Å². The van der Waals surface area contributed by atoms with E-state index in [0.717, 1.165) is 24.2 Å². The van der Waals surface area contributed by atoms with Crippen LogP contribution in [0.1, 0.15) is 37.1 Å². The highest BCUT2D eigenvalue weighted by molar-refractivity contribution is 7.80. The number of nitrogens with two attached hydrogens (primary N) is 1. The van der Waals surface area contributed by atoms with Crippen LogP contribution in [-0.4, -0.2) is 20.9 Å². The molecule has 19 heavy (non-hydrogen) atoms. The molecule has 1 fully saturated rings. The Morgan fingerprint density at radius 2 is 1.84 bits per heavy atom. The fraction of sp³-hybridized carbons (Fsp3) is 0.538. The van der Waals surface area contributed by atoms with Crippen LogP contribution in [0.3, 0.4) is 0 Å². The molecule has 0 atom stereocenters. The van der Waals surface area contributed by atoms with E-state index in [1.54, 1.807) is 0 Å². The van der Waals surface area contributed by atoms with Gasteiger partial charge in [0.05, 0.1) is 10.4 Å². The Balaban J connectivity index is 2.22. The monoisotopic (exact) mass is 278 g/mol. The number of rotatable bonds is 3. The van der Waals surface area contributed by atoms with Gasteiger partial charge in [-0.1, -0.05) is 25.1 Å². The van der Waals surface area contributed by atoms with Gasteiger partial charge in [0.25, 0.3) is 0 Å². The Kier molecular flexibility index (Phi) is 3.80. The van der Waals surface area contributed by atoms with Gasteiger partial charge in [-0.2, -0.15) is 0 Å². The predicted octanol–water partition coefficient (Wildman–Crippen LogP) is 1.88. The number of hydrogen-bond acceptors (Lipinski definition) is 4. The summed E-state index contributed by atoms with van der Waals surface area (Å²) in [4.78, 5) is 21.1. The number of carbonyl (C=O) groups is 1. The van der Waals surface area contributed by atoms with E-state index in [2.05, 4.69) is 15.3 Å². The molecule has 2 rings (SSSR count). The maximum absolute atomic E-state index is 12.4. The second-order valence-corrected chi connectivity index (χ2v) is 5.52. The molecule has 1 aliphatic rings. The summed E-state index contributed by atoms with van der Waals surface area (Å²) in [6, 6.07) is 1.86. The number of anilines is 1. The maximum atomic E-state index is 12.4. The van der Waals surface area contributed by atoms with Crippen molar-refractivity contribution in [2.45, 2.75) is 39.5 Å². The molecule has 0 radical (unpaired) electrons. The lowest BCUT2D eigenvalue weighted by Gasteiger charge is -2.25. The molecule has 0 saturated heterocycles. The molecule has 0 bridgehead atoms. The van der Waals surface area contributed by atoms with Crippen molar-refractivity contribution in [3.8, 4) is 0 Å². The minimum Gasteiger partial charge on any atom is -0.392 e. The molecular formula is C13H18N4OS. The summed E-state index contributed by atoms with van der Waals surface area (Å²) in [5.41, 5.74) is 6.69. The quantitative estimate of drug-likeness (QED) is 0.825. The van der Waals surface area contributed by atoms with Gasteiger partial charge in [-0.15, -0.1) is 0 Å². The van der Waals surface area contributed by atoms with E-state index >= 15 is 0 Å². The minimum atomic E-state index is -0.726. The van der Waals surface area contributed by atoms with Crippen LogP contribution in [0, 0.1) is 19.3 Å². The zero-order valence-corrected chi connectivity index (χ0v) is 12.0. The number of hydrogen-bond donors (Lipinski definition) is 2. The summed E-state index contributed by atoms with van der Waals surface area (Å²) < 4.78 is 0. The Hall–Kier alpha value is -1.56. The average Bonchev–Trinajstić information content (AvgIpc) is 2.77. The molecule has 1 amide bonds. The fourth-order valence-corrected chi connectivity index (χ4v) is 2.86. The number of nitrogens with zero attached hydrogens (tertiary/aromatic N) is 2. The van der Waals surface area contributed by atoms with Gasteiger partial charge in [-0.05, 0) is 32.8 Å². The molecule has 1 heterocycles. The topological polar surface area (TPSA) is 80.9 Å². The molecule has 1 aromatic rings. The third-order valence-electron chi connectivity index (χ3n) is 3.57. The van der Waals surface area contributed by atoms with E-state index in [4.69, 9.17) is 18.0 Å². The van der Waals surface area contributed by atoms with Crippen LogP contribution >= 0.6 is 12.2 Å². The number of aryl methyl sites for hydroxylation is 2. The highest BCUT2D eigenvalue weighted by Gasteiger charge is 2.44. The Labute approximate surface area is 118 Å². The fourth-order valence-electron chi connectivity index (χ4n) is 2.57. The lowest BCUT2D eigenvalue weighted by Crippen LogP contribution is -2.44. The number of thiocarbonyl (C=S) groups is 1. The zero-order chi connectivity index (χ0) is 14.0. The largest absolute Gasteiger partial charge is 0.392 e. The molecule has 0 aliphatic heterocycles. The summed E-state index contributed by atoms with van der Waals surface area (Å²) in [5, 5.41) is 2.76. The Morgan fingerprint density at radius 1 is 1.32 bits per heavy atom. The van der Waals surface area contributed by atoms with Gasteiger partial charge >= 0.3 is 0 Å². The third-order valence-corrected chi connectivity index (χ3v) is 3.96. The Morgan fingerprint density at radius 3 is 2.32 bits per heavy atom. The molecule has 5 nitrogen and oxygen atoms in total. The summed E-state index contributed by atoms with van der Waals surface area (Å²) in [5.74, 6) is 0.146. The van der Waals surface area contributed by atoms with Gasteiger partial charge in [0.1, 0.15) is 0 Å². The van der Waals surface area contributed by atoms with Crippen LogP contribution < -0.4 is 11.1 Å². The highest BCUT2D eigenvalue weighted by Crippen LogP contribution is 2.39. The van der Waals surface area contributed by atoms with Crippen molar-refractivity contribution in [3.05, 3.63) is 17.5 Å².